The van der Waals surface area contributed by atoms with Crippen LogP contribution in [0.1, 0.15) is 26.2 Å². The molecule has 1 amide bonds. The molecular formula is C11H21N3O. The Labute approximate surface area is 91.4 Å². The summed E-state index contributed by atoms with van der Waals surface area (Å²) in [5.74, 6) is 0.107. The molecule has 2 fully saturated rings. The molecule has 2 rings (SSSR count). The van der Waals surface area contributed by atoms with Gasteiger partial charge in [-0.3, -0.25) is 9.69 Å². The summed E-state index contributed by atoms with van der Waals surface area (Å²) in [6, 6.07) is 0.882. The van der Waals surface area contributed by atoms with E-state index in [-0.39, 0.29) is 11.9 Å². The molecule has 2 heterocycles. The summed E-state index contributed by atoms with van der Waals surface area (Å²) in [6.45, 7) is 3.52. The summed E-state index contributed by atoms with van der Waals surface area (Å²) in [6.07, 6.45) is 3.62. The summed E-state index contributed by atoms with van der Waals surface area (Å²) in [7, 11) is 2.18. The Morgan fingerprint density at radius 3 is 2.67 bits per heavy atom. The number of nitrogens with zero attached hydrogens (tertiary/aromatic N) is 2. The Morgan fingerprint density at radius 1 is 1.33 bits per heavy atom. The van der Waals surface area contributed by atoms with Crippen LogP contribution in [-0.4, -0.2) is 54.0 Å². The molecule has 4 heteroatoms. The lowest BCUT2D eigenvalue weighted by Gasteiger charge is -2.27. The van der Waals surface area contributed by atoms with Crippen molar-refractivity contribution < 1.29 is 4.79 Å². The van der Waals surface area contributed by atoms with Crippen LogP contribution in [-0.2, 0) is 4.79 Å². The van der Waals surface area contributed by atoms with E-state index in [2.05, 4.69) is 11.9 Å². The molecule has 2 aliphatic rings. The third-order valence-electron chi connectivity index (χ3n) is 3.85. The molecule has 4 nitrogen and oxygen atoms in total. The molecule has 2 bridgehead atoms. The zero-order chi connectivity index (χ0) is 11.0. The van der Waals surface area contributed by atoms with Gasteiger partial charge in [0.2, 0.25) is 5.91 Å². The number of nitrogens with two attached hydrogens (primary N) is 1. The average molecular weight is 211 g/mol. The van der Waals surface area contributed by atoms with Gasteiger partial charge in [0.1, 0.15) is 0 Å². The third kappa shape index (κ3) is 2.01. The van der Waals surface area contributed by atoms with Gasteiger partial charge in [0.15, 0.2) is 0 Å². The molecule has 0 aromatic rings. The first-order chi connectivity index (χ1) is 7.09. The standard InChI is InChI=1S/C11H21N3O/c1-8(12)11(15)14-6-5-9-3-4-10(7-14)13(9)2/h8-10H,3-7,12H2,1-2H3. The molecule has 0 aromatic heterocycles. The van der Waals surface area contributed by atoms with E-state index < -0.39 is 0 Å². The Hall–Kier alpha value is -0.610. The van der Waals surface area contributed by atoms with Gasteiger partial charge < -0.3 is 10.6 Å². The molecule has 2 saturated heterocycles. The summed E-state index contributed by atoms with van der Waals surface area (Å²) in [4.78, 5) is 16.2. The van der Waals surface area contributed by atoms with Gasteiger partial charge in [-0.1, -0.05) is 0 Å². The maximum atomic E-state index is 11.8. The molecule has 2 N–H and O–H groups in total. The number of carbonyl (C=O) groups is 1. The summed E-state index contributed by atoms with van der Waals surface area (Å²) in [5, 5.41) is 0. The fourth-order valence-corrected chi connectivity index (χ4v) is 2.80. The molecule has 3 unspecified atom stereocenters. The molecule has 0 spiro atoms. The monoisotopic (exact) mass is 211 g/mol. The highest BCUT2D eigenvalue weighted by Gasteiger charge is 2.36. The summed E-state index contributed by atoms with van der Waals surface area (Å²) >= 11 is 0. The van der Waals surface area contributed by atoms with E-state index in [0.29, 0.717) is 12.1 Å². The van der Waals surface area contributed by atoms with E-state index in [1.165, 1.54) is 12.8 Å². The van der Waals surface area contributed by atoms with Crippen LogP contribution in [0.4, 0.5) is 0 Å². The number of hydrogen-bond acceptors (Lipinski definition) is 3. The van der Waals surface area contributed by atoms with Gasteiger partial charge in [-0.2, -0.15) is 0 Å². The van der Waals surface area contributed by atoms with Crippen molar-refractivity contribution in [1.82, 2.24) is 9.80 Å². The van der Waals surface area contributed by atoms with Gasteiger partial charge in [-0.05, 0) is 33.2 Å². The van der Waals surface area contributed by atoms with Crippen LogP contribution < -0.4 is 5.73 Å². The Morgan fingerprint density at radius 2 is 2.00 bits per heavy atom. The molecule has 3 atom stereocenters. The highest BCUT2D eigenvalue weighted by molar-refractivity contribution is 5.81. The molecule has 0 radical (unpaired) electrons. The maximum Gasteiger partial charge on any atom is 0.239 e. The fraction of sp³-hybridized carbons (Fsp3) is 0.909. The molecule has 15 heavy (non-hydrogen) atoms. The summed E-state index contributed by atoms with van der Waals surface area (Å²) < 4.78 is 0. The van der Waals surface area contributed by atoms with Crippen LogP contribution in [0.2, 0.25) is 0 Å². The van der Waals surface area contributed by atoms with Crippen molar-refractivity contribution in [3.05, 3.63) is 0 Å². The first kappa shape index (κ1) is 10.9. The van der Waals surface area contributed by atoms with E-state index >= 15 is 0 Å². The quantitative estimate of drug-likeness (QED) is 0.665. The Balaban J connectivity index is 2.03. The van der Waals surface area contributed by atoms with Gasteiger partial charge in [0, 0.05) is 25.2 Å². The van der Waals surface area contributed by atoms with E-state index in [9.17, 15) is 4.79 Å². The van der Waals surface area contributed by atoms with Crippen LogP contribution in [0, 0.1) is 0 Å². The van der Waals surface area contributed by atoms with Gasteiger partial charge in [0.25, 0.3) is 0 Å². The molecule has 2 aliphatic heterocycles. The van der Waals surface area contributed by atoms with Gasteiger partial charge in [0.05, 0.1) is 6.04 Å². The number of carbonyl (C=O) groups excluding carboxylic acids is 1. The number of likely N-dealkylation sites (N-methyl/N-ethyl adjacent to an activating group) is 1. The van der Waals surface area contributed by atoms with Crippen molar-refractivity contribution in [2.75, 3.05) is 20.1 Å². The second kappa shape index (κ2) is 4.10. The van der Waals surface area contributed by atoms with Crippen LogP contribution in [0.3, 0.4) is 0 Å². The zero-order valence-corrected chi connectivity index (χ0v) is 9.65. The van der Waals surface area contributed by atoms with Crippen LogP contribution in [0.25, 0.3) is 0 Å². The number of fused-ring (bicyclic) bond motifs is 2. The Bertz CT molecular complexity index is 254. The smallest absolute Gasteiger partial charge is 0.239 e. The summed E-state index contributed by atoms with van der Waals surface area (Å²) in [5.41, 5.74) is 5.65. The lowest BCUT2D eigenvalue weighted by Crippen LogP contribution is -2.46. The van der Waals surface area contributed by atoms with Gasteiger partial charge in [-0.25, -0.2) is 0 Å². The molecule has 0 aliphatic carbocycles. The molecule has 0 saturated carbocycles. The first-order valence-electron chi connectivity index (χ1n) is 5.86. The van der Waals surface area contributed by atoms with E-state index in [1.807, 2.05) is 4.90 Å². The molecule has 0 aromatic carbocycles. The minimum Gasteiger partial charge on any atom is -0.340 e. The van der Waals surface area contributed by atoms with Crippen LogP contribution >= 0.6 is 0 Å². The number of amides is 1. The third-order valence-corrected chi connectivity index (χ3v) is 3.85. The first-order valence-corrected chi connectivity index (χ1v) is 5.86. The second-order valence-corrected chi connectivity index (χ2v) is 4.91. The molecule has 86 valence electrons. The second-order valence-electron chi connectivity index (χ2n) is 4.91. The van der Waals surface area contributed by atoms with Crippen molar-refractivity contribution in [2.45, 2.75) is 44.3 Å². The van der Waals surface area contributed by atoms with Crippen molar-refractivity contribution in [2.24, 2.45) is 5.73 Å². The van der Waals surface area contributed by atoms with Crippen molar-refractivity contribution in [1.29, 1.82) is 0 Å². The predicted octanol–water partition coefficient (Wildman–Crippen LogP) is 0.0287. The molecular weight excluding hydrogens is 190 g/mol. The normalized spacial score (nSPS) is 33.9. The lowest BCUT2D eigenvalue weighted by atomic mass is 10.1. The highest BCUT2D eigenvalue weighted by Crippen LogP contribution is 2.28. The van der Waals surface area contributed by atoms with Crippen molar-refractivity contribution in [3.8, 4) is 0 Å². The zero-order valence-electron chi connectivity index (χ0n) is 9.65. The van der Waals surface area contributed by atoms with E-state index in [4.69, 9.17) is 5.73 Å². The minimum atomic E-state index is -0.355. The van der Waals surface area contributed by atoms with E-state index in [0.717, 1.165) is 19.5 Å². The maximum absolute atomic E-state index is 11.8. The topological polar surface area (TPSA) is 49.6 Å². The predicted molar refractivity (Wildman–Crippen MR) is 59.4 cm³/mol. The lowest BCUT2D eigenvalue weighted by molar-refractivity contribution is -0.132. The van der Waals surface area contributed by atoms with Gasteiger partial charge >= 0.3 is 0 Å². The number of rotatable bonds is 1. The fourth-order valence-electron chi connectivity index (χ4n) is 2.80. The van der Waals surface area contributed by atoms with Crippen molar-refractivity contribution >= 4 is 5.91 Å². The van der Waals surface area contributed by atoms with Crippen LogP contribution in [0.15, 0.2) is 0 Å². The average Bonchev–Trinajstić information content (AvgIpc) is 2.40. The minimum absolute atomic E-state index is 0.107. The highest BCUT2D eigenvalue weighted by atomic mass is 16.2. The van der Waals surface area contributed by atoms with Crippen LogP contribution in [0.5, 0.6) is 0 Å². The van der Waals surface area contributed by atoms with Crippen molar-refractivity contribution in [3.63, 3.8) is 0 Å². The number of likely N-dealkylation sites (tertiary alicyclic amines) is 1. The largest absolute Gasteiger partial charge is 0.340 e. The Kier molecular flexibility index (Phi) is 2.98. The number of hydrogen-bond donors (Lipinski definition) is 1. The van der Waals surface area contributed by atoms with Gasteiger partial charge in [-0.15, -0.1) is 0 Å². The SMILES string of the molecule is CC(N)C(=O)N1CCC2CCC(C1)N2C. The van der Waals surface area contributed by atoms with E-state index in [1.54, 1.807) is 6.92 Å².